The van der Waals surface area contributed by atoms with Gasteiger partial charge in [0.25, 0.3) is 5.91 Å². The number of benzene rings is 1. The summed E-state index contributed by atoms with van der Waals surface area (Å²) in [4.78, 5) is 24.8. The summed E-state index contributed by atoms with van der Waals surface area (Å²) in [6, 6.07) is 5.53. The lowest BCUT2D eigenvalue weighted by atomic mass is 9.66. The molecule has 0 spiro atoms. The molecule has 3 rings (SSSR count). The number of hydrogen-bond donors (Lipinski definition) is 1. The monoisotopic (exact) mass is 291 g/mol. The minimum atomic E-state index is -1.15. The third kappa shape index (κ3) is 1.60. The summed E-state index contributed by atoms with van der Waals surface area (Å²) >= 11 is 0. The van der Waals surface area contributed by atoms with Crippen molar-refractivity contribution in [1.29, 1.82) is 0 Å². The number of halogens is 1. The number of esters is 1. The molecule has 1 aliphatic carbocycles. The standard InChI is InChI=1S/C16H18FNO3/c1-14(2)15(3)8-9-16(14,21-13(15)20)12(19)18-11-6-4-10(17)5-7-11/h4-7H,8-9H2,1-3H3,(H,18,19). The Hall–Kier alpha value is -1.91. The van der Waals surface area contributed by atoms with E-state index in [-0.39, 0.29) is 17.7 Å². The predicted molar refractivity (Wildman–Crippen MR) is 75.0 cm³/mol. The number of carbonyl (C=O) groups excluding carboxylic acids is 2. The van der Waals surface area contributed by atoms with Crippen molar-refractivity contribution in [1.82, 2.24) is 0 Å². The molecular weight excluding hydrogens is 273 g/mol. The molecule has 1 amide bonds. The molecule has 1 aromatic rings. The first kappa shape index (κ1) is 14.0. The molecule has 1 saturated heterocycles. The smallest absolute Gasteiger partial charge is 0.313 e. The lowest BCUT2D eigenvalue weighted by Crippen LogP contribution is -2.50. The Balaban J connectivity index is 1.91. The van der Waals surface area contributed by atoms with Crippen molar-refractivity contribution in [2.45, 2.75) is 39.2 Å². The lowest BCUT2D eigenvalue weighted by Gasteiger charge is -2.35. The number of carbonyl (C=O) groups is 2. The van der Waals surface area contributed by atoms with Gasteiger partial charge in [-0.1, -0.05) is 13.8 Å². The van der Waals surface area contributed by atoms with E-state index in [9.17, 15) is 14.0 Å². The van der Waals surface area contributed by atoms with Gasteiger partial charge in [-0.3, -0.25) is 9.59 Å². The molecule has 4 nitrogen and oxygen atoms in total. The van der Waals surface area contributed by atoms with E-state index in [0.717, 1.165) is 0 Å². The van der Waals surface area contributed by atoms with Crippen LogP contribution in [-0.4, -0.2) is 17.5 Å². The Morgan fingerprint density at radius 2 is 1.81 bits per heavy atom. The Morgan fingerprint density at radius 1 is 1.19 bits per heavy atom. The van der Waals surface area contributed by atoms with Gasteiger partial charge < -0.3 is 10.1 Å². The second-order valence-electron chi connectivity index (χ2n) is 6.63. The molecular formula is C16H18FNO3. The molecule has 0 radical (unpaired) electrons. The van der Waals surface area contributed by atoms with Crippen LogP contribution in [0.1, 0.15) is 33.6 Å². The number of hydrogen-bond acceptors (Lipinski definition) is 3. The molecule has 0 aromatic heterocycles. The van der Waals surface area contributed by atoms with E-state index >= 15 is 0 Å². The predicted octanol–water partition coefficient (Wildman–Crippen LogP) is 2.89. The Labute approximate surface area is 122 Å². The van der Waals surface area contributed by atoms with Gasteiger partial charge in [0.05, 0.1) is 5.41 Å². The molecule has 5 heteroatoms. The Bertz CT molecular complexity index is 625. The van der Waals surface area contributed by atoms with Gasteiger partial charge in [0.2, 0.25) is 0 Å². The van der Waals surface area contributed by atoms with Crippen molar-refractivity contribution in [3.05, 3.63) is 30.1 Å². The topological polar surface area (TPSA) is 55.4 Å². The minimum absolute atomic E-state index is 0.312. The largest absolute Gasteiger partial charge is 0.448 e. The van der Waals surface area contributed by atoms with Crippen molar-refractivity contribution in [3.63, 3.8) is 0 Å². The van der Waals surface area contributed by atoms with Crippen LogP contribution >= 0.6 is 0 Å². The van der Waals surface area contributed by atoms with Gasteiger partial charge >= 0.3 is 5.97 Å². The van der Waals surface area contributed by atoms with Gasteiger partial charge in [-0.05, 0) is 44.0 Å². The van der Waals surface area contributed by atoms with E-state index < -0.39 is 16.4 Å². The van der Waals surface area contributed by atoms with Crippen LogP contribution in [0.2, 0.25) is 0 Å². The Kier molecular flexibility index (Phi) is 2.71. The molecule has 2 aliphatic rings. The van der Waals surface area contributed by atoms with Gasteiger partial charge in [0.1, 0.15) is 5.82 Å². The second kappa shape index (κ2) is 4.06. The van der Waals surface area contributed by atoms with Crippen LogP contribution in [0, 0.1) is 16.6 Å². The van der Waals surface area contributed by atoms with Crippen LogP contribution in [0.5, 0.6) is 0 Å². The summed E-state index contributed by atoms with van der Waals surface area (Å²) in [5.74, 6) is -1.02. The highest BCUT2D eigenvalue weighted by Crippen LogP contribution is 2.65. The van der Waals surface area contributed by atoms with E-state index in [1.54, 1.807) is 0 Å². The normalized spacial score (nSPS) is 32.9. The zero-order valence-electron chi connectivity index (χ0n) is 12.3. The molecule has 1 heterocycles. The van der Waals surface area contributed by atoms with E-state index in [2.05, 4.69) is 5.32 Å². The molecule has 1 aliphatic heterocycles. The SMILES string of the molecule is CC12CCC(C(=O)Nc3ccc(F)cc3)(OC1=O)C2(C)C. The summed E-state index contributed by atoms with van der Waals surface area (Å²) in [7, 11) is 0. The number of amides is 1. The van der Waals surface area contributed by atoms with Crippen molar-refractivity contribution in [3.8, 4) is 0 Å². The number of rotatable bonds is 2. The number of anilines is 1. The molecule has 1 saturated carbocycles. The van der Waals surface area contributed by atoms with Crippen LogP contribution in [0.3, 0.4) is 0 Å². The maximum absolute atomic E-state index is 12.9. The van der Waals surface area contributed by atoms with Gasteiger partial charge in [0.15, 0.2) is 5.60 Å². The highest BCUT2D eigenvalue weighted by Gasteiger charge is 2.75. The summed E-state index contributed by atoms with van der Waals surface area (Å²) in [5, 5.41) is 2.74. The zero-order valence-corrected chi connectivity index (χ0v) is 12.3. The average molecular weight is 291 g/mol. The third-order valence-corrected chi connectivity index (χ3v) is 5.55. The van der Waals surface area contributed by atoms with E-state index in [1.807, 2.05) is 20.8 Å². The van der Waals surface area contributed by atoms with Crippen LogP contribution < -0.4 is 5.32 Å². The first-order chi connectivity index (χ1) is 9.73. The summed E-state index contributed by atoms with van der Waals surface area (Å²) < 4.78 is 18.4. The van der Waals surface area contributed by atoms with Crippen molar-refractivity contribution >= 4 is 17.6 Å². The molecule has 1 N–H and O–H groups in total. The third-order valence-electron chi connectivity index (χ3n) is 5.55. The van der Waals surface area contributed by atoms with Gasteiger partial charge in [-0.15, -0.1) is 0 Å². The molecule has 2 unspecified atom stereocenters. The molecule has 2 bridgehead atoms. The fourth-order valence-electron chi connectivity index (χ4n) is 3.51. The van der Waals surface area contributed by atoms with Gasteiger partial charge in [-0.2, -0.15) is 0 Å². The first-order valence-electron chi connectivity index (χ1n) is 7.03. The summed E-state index contributed by atoms with van der Waals surface area (Å²) in [6.45, 7) is 5.65. The molecule has 112 valence electrons. The summed E-state index contributed by atoms with van der Waals surface area (Å²) in [6.07, 6.45) is 1.14. The van der Waals surface area contributed by atoms with Gasteiger partial charge in [-0.25, -0.2) is 4.39 Å². The van der Waals surface area contributed by atoms with Crippen molar-refractivity contribution in [2.75, 3.05) is 5.32 Å². The quantitative estimate of drug-likeness (QED) is 0.852. The first-order valence-corrected chi connectivity index (χ1v) is 7.03. The second-order valence-corrected chi connectivity index (χ2v) is 6.63. The lowest BCUT2D eigenvalue weighted by molar-refractivity contribution is -0.165. The van der Waals surface area contributed by atoms with E-state index in [4.69, 9.17) is 4.74 Å². The average Bonchev–Trinajstić information content (AvgIpc) is 2.72. The molecule has 1 aromatic carbocycles. The summed E-state index contributed by atoms with van der Waals surface area (Å²) in [5.41, 5.74) is -1.87. The van der Waals surface area contributed by atoms with Gasteiger partial charge in [0, 0.05) is 11.1 Å². The highest BCUT2D eigenvalue weighted by molar-refractivity contribution is 6.03. The molecule has 21 heavy (non-hydrogen) atoms. The number of nitrogens with one attached hydrogen (secondary N) is 1. The number of ether oxygens (including phenoxy) is 1. The minimum Gasteiger partial charge on any atom is -0.448 e. The maximum atomic E-state index is 12.9. The van der Waals surface area contributed by atoms with Crippen molar-refractivity contribution < 1.29 is 18.7 Å². The molecule has 2 atom stereocenters. The maximum Gasteiger partial charge on any atom is 0.313 e. The Morgan fingerprint density at radius 3 is 2.29 bits per heavy atom. The fraction of sp³-hybridized carbons (Fsp3) is 0.500. The fourth-order valence-corrected chi connectivity index (χ4v) is 3.51. The zero-order chi connectivity index (χ0) is 15.5. The van der Waals surface area contributed by atoms with E-state index in [1.165, 1.54) is 24.3 Å². The van der Waals surface area contributed by atoms with Crippen LogP contribution in [0.15, 0.2) is 24.3 Å². The van der Waals surface area contributed by atoms with E-state index in [0.29, 0.717) is 18.5 Å². The van der Waals surface area contributed by atoms with Crippen LogP contribution in [0.4, 0.5) is 10.1 Å². The van der Waals surface area contributed by atoms with Crippen LogP contribution in [-0.2, 0) is 14.3 Å². The van der Waals surface area contributed by atoms with Crippen LogP contribution in [0.25, 0.3) is 0 Å². The number of fused-ring (bicyclic) bond motifs is 2. The molecule has 2 fully saturated rings. The highest BCUT2D eigenvalue weighted by atomic mass is 19.1. The van der Waals surface area contributed by atoms with Crippen molar-refractivity contribution in [2.24, 2.45) is 10.8 Å².